The van der Waals surface area contributed by atoms with Crippen molar-refractivity contribution in [3.05, 3.63) is 16.8 Å². The summed E-state index contributed by atoms with van der Waals surface area (Å²) in [5.41, 5.74) is 0.884. The number of nitrogens with zero attached hydrogens (tertiary/aromatic N) is 3. The number of anilines is 1. The third-order valence-corrected chi connectivity index (χ3v) is 5.41. The molecule has 1 N–H and O–H groups in total. The van der Waals surface area contributed by atoms with Crippen molar-refractivity contribution in [1.82, 2.24) is 14.9 Å². The molecular weight excluding hydrogens is 340 g/mol. The lowest BCUT2D eigenvalue weighted by atomic mass is 10.2. The minimum atomic E-state index is -0.290. The van der Waals surface area contributed by atoms with E-state index in [0.717, 1.165) is 67.4 Å². The van der Waals surface area contributed by atoms with Gasteiger partial charge in [0, 0.05) is 19.6 Å². The summed E-state index contributed by atoms with van der Waals surface area (Å²) in [7, 11) is 0. The summed E-state index contributed by atoms with van der Waals surface area (Å²) >= 11 is 1.36. The first-order valence-corrected chi connectivity index (χ1v) is 9.47. The number of aryl methyl sites for hydroxylation is 1. The molecule has 0 bridgehead atoms. The van der Waals surface area contributed by atoms with E-state index < -0.39 is 0 Å². The summed E-state index contributed by atoms with van der Waals surface area (Å²) in [4.78, 5) is 24.6. The molecule has 0 saturated carbocycles. The van der Waals surface area contributed by atoms with E-state index in [1.807, 2.05) is 13.8 Å². The van der Waals surface area contributed by atoms with E-state index in [4.69, 9.17) is 9.47 Å². The van der Waals surface area contributed by atoms with Gasteiger partial charge in [-0.1, -0.05) is 0 Å². The number of carbonyl (C=O) groups is 1. The van der Waals surface area contributed by atoms with Gasteiger partial charge in [-0.25, -0.2) is 14.8 Å². The smallest absolute Gasteiger partial charge is 0.348 e. The third kappa shape index (κ3) is 4.26. The van der Waals surface area contributed by atoms with Crippen LogP contribution in [0.15, 0.2) is 6.33 Å². The van der Waals surface area contributed by atoms with Gasteiger partial charge >= 0.3 is 5.97 Å². The molecule has 0 aliphatic carbocycles. The normalized spacial score (nSPS) is 15.4. The number of aromatic nitrogens is 2. The number of esters is 1. The SMILES string of the molecule is CCOC(=O)c1sc2ncnc(NCCCN3CCOCC3)c2c1C. The van der Waals surface area contributed by atoms with E-state index in [9.17, 15) is 4.79 Å². The molecule has 136 valence electrons. The quantitative estimate of drug-likeness (QED) is 0.597. The van der Waals surface area contributed by atoms with Gasteiger partial charge in [0.1, 0.15) is 21.9 Å². The molecule has 0 radical (unpaired) electrons. The minimum Gasteiger partial charge on any atom is -0.462 e. The number of nitrogens with one attached hydrogen (secondary N) is 1. The summed E-state index contributed by atoms with van der Waals surface area (Å²) in [6.07, 6.45) is 2.57. The number of ether oxygens (including phenoxy) is 2. The molecule has 2 aromatic rings. The van der Waals surface area contributed by atoms with Crippen LogP contribution in [-0.4, -0.2) is 66.8 Å². The van der Waals surface area contributed by atoms with Crippen LogP contribution < -0.4 is 5.32 Å². The van der Waals surface area contributed by atoms with Crippen molar-refractivity contribution in [2.75, 3.05) is 51.3 Å². The first-order chi connectivity index (χ1) is 12.2. The van der Waals surface area contributed by atoms with Gasteiger partial charge in [0.2, 0.25) is 0 Å². The number of rotatable bonds is 7. The van der Waals surface area contributed by atoms with Crippen molar-refractivity contribution in [1.29, 1.82) is 0 Å². The first kappa shape index (κ1) is 18.0. The molecule has 1 aliphatic heterocycles. The van der Waals surface area contributed by atoms with Crippen LogP contribution >= 0.6 is 11.3 Å². The summed E-state index contributed by atoms with van der Waals surface area (Å²) in [5.74, 6) is 0.498. The zero-order chi connectivity index (χ0) is 17.6. The molecule has 1 aliphatic rings. The van der Waals surface area contributed by atoms with E-state index in [0.29, 0.717) is 11.5 Å². The van der Waals surface area contributed by atoms with Gasteiger partial charge in [0.25, 0.3) is 0 Å². The van der Waals surface area contributed by atoms with E-state index in [2.05, 4.69) is 20.2 Å². The molecule has 8 heteroatoms. The van der Waals surface area contributed by atoms with Gasteiger partial charge in [-0.05, 0) is 32.4 Å². The average molecular weight is 364 g/mol. The molecule has 3 heterocycles. The Bertz CT molecular complexity index is 728. The highest BCUT2D eigenvalue weighted by Gasteiger charge is 2.20. The van der Waals surface area contributed by atoms with Crippen molar-refractivity contribution >= 4 is 33.3 Å². The third-order valence-electron chi connectivity index (χ3n) is 4.23. The van der Waals surface area contributed by atoms with Crippen LogP contribution in [0.3, 0.4) is 0 Å². The number of carbonyl (C=O) groups excluding carboxylic acids is 1. The lowest BCUT2D eigenvalue weighted by Gasteiger charge is -2.26. The van der Waals surface area contributed by atoms with Crippen LogP contribution in [0.4, 0.5) is 5.82 Å². The molecule has 1 saturated heterocycles. The lowest BCUT2D eigenvalue weighted by molar-refractivity contribution is 0.0378. The Morgan fingerprint density at radius 1 is 1.40 bits per heavy atom. The highest BCUT2D eigenvalue weighted by molar-refractivity contribution is 7.20. The van der Waals surface area contributed by atoms with Crippen LogP contribution in [0.2, 0.25) is 0 Å². The summed E-state index contributed by atoms with van der Waals surface area (Å²) in [5, 5.41) is 4.32. The molecule has 25 heavy (non-hydrogen) atoms. The molecule has 0 atom stereocenters. The monoisotopic (exact) mass is 364 g/mol. The Balaban J connectivity index is 1.65. The van der Waals surface area contributed by atoms with E-state index in [1.165, 1.54) is 17.7 Å². The molecule has 0 unspecified atom stereocenters. The van der Waals surface area contributed by atoms with Crippen LogP contribution in [0.5, 0.6) is 0 Å². The second-order valence-electron chi connectivity index (χ2n) is 5.91. The zero-order valence-corrected chi connectivity index (χ0v) is 15.5. The molecule has 0 spiro atoms. The van der Waals surface area contributed by atoms with Crippen molar-refractivity contribution in [3.63, 3.8) is 0 Å². The summed E-state index contributed by atoms with van der Waals surface area (Å²) in [6.45, 7) is 9.62. The highest BCUT2D eigenvalue weighted by Crippen LogP contribution is 2.33. The van der Waals surface area contributed by atoms with Crippen LogP contribution in [0.1, 0.15) is 28.6 Å². The Kier molecular flexibility index (Phi) is 6.17. The maximum atomic E-state index is 12.1. The topological polar surface area (TPSA) is 76.6 Å². The number of morpholine rings is 1. The number of thiophene rings is 1. The maximum absolute atomic E-state index is 12.1. The first-order valence-electron chi connectivity index (χ1n) is 8.66. The fourth-order valence-corrected chi connectivity index (χ4v) is 3.97. The zero-order valence-electron chi connectivity index (χ0n) is 14.7. The molecule has 3 rings (SSSR count). The highest BCUT2D eigenvalue weighted by atomic mass is 32.1. The van der Waals surface area contributed by atoms with Gasteiger partial charge in [-0.15, -0.1) is 11.3 Å². The second kappa shape index (κ2) is 8.55. The minimum absolute atomic E-state index is 0.290. The number of hydrogen-bond acceptors (Lipinski definition) is 8. The van der Waals surface area contributed by atoms with Crippen molar-refractivity contribution in [2.24, 2.45) is 0 Å². The second-order valence-corrected chi connectivity index (χ2v) is 6.91. The molecule has 2 aromatic heterocycles. The van der Waals surface area contributed by atoms with Gasteiger partial charge < -0.3 is 14.8 Å². The van der Waals surface area contributed by atoms with Crippen molar-refractivity contribution in [2.45, 2.75) is 20.3 Å². The van der Waals surface area contributed by atoms with Crippen LogP contribution in [-0.2, 0) is 9.47 Å². The predicted molar refractivity (Wildman–Crippen MR) is 98.5 cm³/mol. The molecule has 7 nitrogen and oxygen atoms in total. The fourth-order valence-electron chi connectivity index (χ4n) is 2.93. The average Bonchev–Trinajstić information content (AvgIpc) is 2.98. The standard InChI is InChI=1S/C17H24N4O3S/c1-3-24-17(22)14-12(2)13-15(19-11-20-16(13)25-14)18-5-4-6-21-7-9-23-10-8-21/h11H,3-10H2,1-2H3,(H,18,19,20). The van der Waals surface area contributed by atoms with E-state index in [-0.39, 0.29) is 5.97 Å². The van der Waals surface area contributed by atoms with Crippen molar-refractivity contribution in [3.8, 4) is 0 Å². The predicted octanol–water partition coefficient (Wildman–Crippen LogP) is 2.31. The summed E-state index contributed by atoms with van der Waals surface area (Å²) < 4.78 is 10.5. The summed E-state index contributed by atoms with van der Waals surface area (Å²) in [6, 6.07) is 0. The van der Waals surface area contributed by atoms with Gasteiger partial charge in [-0.3, -0.25) is 4.90 Å². The van der Waals surface area contributed by atoms with E-state index >= 15 is 0 Å². The largest absolute Gasteiger partial charge is 0.462 e. The van der Waals surface area contributed by atoms with Crippen LogP contribution in [0, 0.1) is 6.92 Å². The van der Waals surface area contributed by atoms with Crippen molar-refractivity contribution < 1.29 is 14.3 Å². The Morgan fingerprint density at radius 3 is 2.96 bits per heavy atom. The lowest BCUT2D eigenvalue weighted by Crippen LogP contribution is -2.37. The maximum Gasteiger partial charge on any atom is 0.348 e. The Hall–Kier alpha value is -1.77. The fraction of sp³-hybridized carbons (Fsp3) is 0.588. The van der Waals surface area contributed by atoms with Gasteiger partial charge in [0.05, 0.1) is 25.2 Å². The number of fused-ring (bicyclic) bond motifs is 1. The molecule has 0 amide bonds. The van der Waals surface area contributed by atoms with Gasteiger partial charge in [0.15, 0.2) is 0 Å². The van der Waals surface area contributed by atoms with Gasteiger partial charge in [-0.2, -0.15) is 0 Å². The Morgan fingerprint density at radius 2 is 2.20 bits per heavy atom. The van der Waals surface area contributed by atoms with Crippen LogP contribution in [0.25, 0.3) is 10.2 Å². The van der Waals surface area contributed by atoms with E-state index in [1.54, 1.807) is 0 Å². The number of hydrogen-bond donors (Lipinski definition) is 1. The molecular formula is C17H24N4O3S. The molecule has 1 fully saturated rings. The molecule has 0 aromatic carbocycles. The Labute approximate surface area is 151 Å².